The Morgan fingerprint density at radius 3 is 2.62 bits per heavy atom. The number of hydrogen-bond donors (Lipinski definition) is 1. The molecule has 0 aliphatic heterocycles. The van der Waals surface area contributed by atoms with Crippen molar-refractivity contribution >= 4 is 31.9 Å². The second kappa shape index (κ2) is 7.90. The van der Waals surface area contributed by atoms with Gasteiger partial charge >= 0.3 is 0 Å². The molecule has 1 amide bonds. The van der Waals surface area contributed by atoms with Crippen molar-refractivity contribution in [2.24, 2.45) is 0 Å². The molecule has 3 rings (SSSR count). The Labute approximate surface area is 162 Å². The van der Waals surface area contributed by atoms with E-state index in [2.05, 4.69) is 27.3 Å². The van der Waals surface area contributed by atoms with Gasteiger partial charge in [-0.15, -0.1) is 0 Å². The Balaban J connectivity index is 1.67. The first-order valence-electron chi connectivity index (χ1n) is 8.47. The molecule has 2 aromatic rings. The molecular weight excluding hydrogens is 416 g/mol. The quantitative estimate of drug-likeness (QED) is 0.781. The van der Waals surface area contributed by atoms with Crippen LogP contribution in [0.25, 0.3) is 0 Å². The van der Waals surface area contributed by atoms with E-state index in [1.54, 1.807) is 12.1 Å². The number of aryl methyl sites for hydroxylation is 1. The van der Waals surface area contributed by atoms with Gasteiger partial charge in [-0.3, -0.25) is 4.79 Å². The minimum absolute atomic E-state index is 0.0590. The van der Waals surface area contributed by atoms with E-state index in [1.807, 2.05) is 18.2 Å². The molecule has 0 bridgehead atoms. The third-order valence-corrected chi connectivity index (χ3v) is 6.94. The number of likely N-dealkylation sites (N-methyl/N-ethyl adjacent to an activating group) is 1. The van der Waals surface area contributed by atoms with Crippen molar-refractivity contribution in [1.82, 2.24) is 9.62 Å². The molecule has 2 aromatic carbocycles. The molecule has 1 aliphatic carbocycles. The lowest BCUT2D eigenvalue weighted by Gasteiger charge is -2.27. The first kappa shape index (κ1) is 19.1. The summed E-state index contributed by atoms with van der Waals surface area (Å²) in [6.07, 6.45) is 2.89. The summed E-state index contributed by atoms with van der Waals surface area (Å²) in [6.45, 7) is -0.211. The molecule has 7 heteroatoms. The predicted molar refractivity (Wildman–Crippen MR) is 104 cm³/mol. The molecular formula is C19H21BrN2O3S. The number of benzene rings is 2. The van der Waals surface area contributed by atoms with Gasteiger partial charge in [0.15, 0.2) is 0 Å². The largest absolute Gasteiger partial charge is 0.348 e. The Bertz CT molecular complexity index is 897. The fourth-order valence-corrected chi connectivity index (χ4v) is 4.61. The van der Waals surface area contributed by atoms with Crippen LogP contribution in [0.15, 0.2) is 57.9 Å². The van der Waals surface area contributed by atoms with Crippen LogP contribution in [0.3, 0.4) is 0 Å². The fourth-order valence-electron chi connectivity index (χ4n) is 3.22. The first-order chi connectivity index (χ1) is 12.4. The average Bonchev–Trinajstić information content (AvgIpc) is 2.62. The normalized spacial score (nSPS) is 17.0. The van der Waals surface area contributed by atoms with Crippen molar-refractivity contribution in [1.29, 1.82) is 0 Å². The van der Waals surface area contributed by atoms with Crippen LogP contribution in [0, 0.1) is 0 Å². The summed E-state index contributed by atoms with van der Waals surface area (Å²) in [7, 11) is -2.28. The van der Waals surface area contributed by atoms with E-state index in [-0.39, 0.29) is 23.4 Å². The summed E-state index contributed by atoms with van der Waals surface area (Å²) < 4.78 is 27.1. The Morgan fingerprint density at radius 1 is 1.19 bits per heavy atom. The van der Waals surface area contributed by atoms with Crippen LogP contribution >= 0.6 is 15.9 Å². The second-order valence-electron chi connectivity index (χ2n) is 6.43. The van der Waals surface area contributed by atoms with Gasteiger partial charge in [-0.2, -0.15) is 4.31 Å². The molecule has 0 radical (unpaired) electrons. The second-order valence-corrected chi connectivity index (χ2v) is 9.39. The number of carbonyl (C=O) groups excluding carboxylic acids is 1. The van der Waals surface area contributed by atoms with Crippen molar-refractivity contribution in [3.8, 4) is 0 Å². The van der Waals surface area contributed by atoms with Gasteiger partial charge in [-0.05, 0) is 54.7 Å². The van der Waals surface area contributed by atoms with Gasteiger partial charge in [0.05, 0.1) is 17.5 Å². The number of carbonyl (C=O) groups is 1. The predicted octanol–water partition coefficient (Wildman–Crippen LogP) is 3.26. The number of fused-ring (bicyclic) bond motifs is 1. The highest BCUT2D eigenvalue weighted by Gasteiger charge is 2.26. The summed E-state index contributed by atoms with van der Waals surface area (Å²) in [5, 5.41) is 2.99. The van der Waals surface area contributed by atoms with Crippen LogP contribution in [-0.4, -0.2) is 32.2 Å². The van der Waals surface area contributed by atoms with Crippen LogP contribution in [-0.2, 0) is 21.2 Å². The lowest BCUT2D eigenvalue weighted by molar-refractivity contribution is -0.122. The van der Waals surface area contributed by atoms with E-state index in [4.69, 9.17) is 0 Å². The molecule has 0 unspecified atom stereocenters. The maximum atomic E-state index is 12.6. The van der Waals surface area contributed by atoms with Gasteiger partial charge < -0.3 is 5.32 Å². The van der Waals surface area contributed by atoms with E-state index in [1.165, 1.54) is 24.7 Å². The van der Waals surface area contributed by atoms with Crippen molar-refractivity contribution in [3.63, 3.8) is 0 Å². The SMILES string of the molecule is CN(CC(=O)N[C@@H]1CCCc2ccccc21)S(=O)(=O)c1ccc(Br)cc1. The molecule has 1 aliphatic rings. The van der Waals surface area contributed by atoms with Crippen LogP contribution in [0.2, 0.25) is 0 Å². The number of rotatable bonds is 5. The highest BCUT2D eigenvalue weighted by atomic mass is 79.9. The van der Waals surface area contributed by atoms with Crippen molar-refractivity contribution in [3.05, 3.63) is 64.1 Å². The van der Waals surface area contributed by atoms with E-state index in [0.29, 0.717) is 0 Å². The maximum absolute atomic E-state index is 12.6. The number of nitrogens with one attached hydrogen (secondary N) is 1. The van der Waals surface area contributed by atoms with E-state index in [0.717, 1.165) is 33.6 Å². The number of halogens is 1. The summed E-state index contributed by atoms with van der Waals surface area (Å²) >= 11 is 3.29. The van der Waals surface area contributed by atoms with Crippen molar-refractivity contribution < 1.29 is 13.2 Å². The number of nitrogens with zero attached hydrogens (tertiary/aromatic N) is 1. The third kappa shape index (κ3) is 4.16. The van der Waals surface area contributed by atoms with Crippen molar-refractivity contribution in [2.45, 2.75) is 30.2 Å². The minimum Gasteiger partial charge on any atom is -0.348 e. The Morgan fingerprint density at radius 2 is 1.88 bits per heavy atom. The lowest BCUT2D eigenvalue weighted by Crippen LogP contribution is -2.40. The number of amides is 1. The zero-order chi connectivity index (χ0) is 18.7. The molecule has 0 spiro atoms. The molecule has 26 heavy (non-hydrogen) atoms. The zero-order valence-corrected chi connectivity index (χ0v) is 16.9. The third-order valence-electron chi connectivity index (χ3n) is 4.59. The molecule has 138 valence electrons. The lowest BCUT2D eigenvalue weighted by atomic mass is 9.88. The maximum Gasteiger partial charge on any atom is 0.243 e. The minimum atomic E-state index is -3.70. The molecule has 0 aromatic heterocycles. The van der Waals surface area contributed by atoms with Gasteiger partial charge in [-0.25, -0.2) is 8.42 Å². The van der Waals surface area contributed by atoms with Gasteiger partial charge in [0, 0.05) is 11.5 Å². The van der Waals surface area contributed by atoms with Gasteiger partial charge in [-0.1, -0.05) is 40.2 Å². The summed E-state index contributed by atoms with van der Waals surface area (Å²) in [5.41, 5.74) is 2.38. The molecule has 1 atom stereocenters. The number of sulfonamides is 1. The standard InChI is InChI=1S/C19H21BrN2O3S/c1-22(26(24,25)16-11-9-15(20)10-12-16)13-19(23)21-18-8-4-6-14-5-2-3-7-17(14)18/h2-3,5,7,9-12,18H,4,6,8,13H2,1H3,(H,21,23)/t18-/m1/s1. The van der Waals surface area contributed by atoms with E-state index < -0.39 is 10.0 Å². The molecule has 0 saturated heterocycles. The molecule has 0 fully saturated rings. The highest BCUT2D eigenvalue weighted by Crippen LogP contribution is 2.29. The van der Waals surface area contributed by atoms with Crippen LogP contribution in [0.5, 0.6) is 0 Å². The Kier molecular flexibility index (Phi) is 5.79. The van der Waals surface area contributed by atoms with Gasteiger partial charge in [0.1, 0.15) is 0 Å². The van der Waals surface area contributed by atoms with Gasteiger partial charge in [0.25, 0.3) is 0 Å². The molecule has 0 saturated carbocycles. The Hall–Kier alpha value is -1.70. The first-order valence-corrected chi connectivity index (χ1v) is 10.7. The summed E-state index contributed by atoms with van der Waals surface area (Å²) in [5.74, 6) is -0.296. The molecule has 0 heterocycles. The monoisotopic (exact) mass is 436 g/mol. The summed E-state index contributed by atoms with van der Waals surface area (Å²) in [4.78, 5) is 12.6. The summed E-state index contributed by atoms with van der Waals surface area (Å²) in [6, 6.07) is 14.4. The fraction of sp³-hybridized carbons (Fsp3) is 0.316. The average molecular weight is 437 g/mol. The van der Waals surface area contributed by atoms with E-state index in [9.17, 15) is 13.2 Å². The van der Waals surface area contributed by atoms with Gasteiger partial charge in [0.2, 0.25) is 15.9 Å². The van der Waals surface area contributed by atoms with Crippen LogP contribution in [0.4, 0.5) is 0 Å². The zero-order valence-electron chi connectivity index (χ0n) is 14.5. The molecule has 5 nitrogen and oxygen atoms in total. The van der Waals surface area contributed by atoms with E-state index >= 15 is 0 Å². The van der Waals surface area contributed by atoms with Crippen molar-refractivity contribution in [2.75, 3.05) is 13.6 Å². The van der Waals surface area contributed by atoms with Crippen LogP contribution < -0.4 is 5.32 Å². The smallest absolute Gasteiger partial charge is 0.243 e. The topological polar surface area (TPSA) is 66.5 Å². The highest BCUT2D eigenvalue weighted by molar-refractivity contribution is 9.10. The van der Waals surface area contributed by atoms with Crippen LogP contribution in [0.1, 0.15) is 30.0 Å². The molecule has 1 N–H and O–H groups in total. The number of hydrogen-bond acceptors (Lipinski definition) is 3.